The van der Waals surface area contributed by atoms with E-state index in [-0.39, 0.29) is 11.8 Å². The SMILES string of the molecule is COc1ccc(C(CNC(=O)c2c(C)nn(-c3ccccc3)c2C)c2c[nH]c3ccccc23)cc1. The Hall–Kier alpha value is -4.32. The topological polar surface area (TPSA) is 71.9 Å². The first-order chi connectivity index (χ1) is 17.1. The summed E-state index contributed by atoms with van der Waals surface area (Å²) in [6.07, 6.45) is 2.04. The summed E-state index contributed by atoms with van der Waals surface area (Å²) < 4.78 is 7.17. The van der Waals surface area contributed by atoms with Crippen molar-refractivity contribution < 1.29 is 9.53 Å². The number of H-pyrrole nitrogens is 1. The third-order valence-corrected chi connectivity index (χ3v) is 6.50. The average molecular weight is 465 g/mol. The van der Waals surface area contributed by atoms with Crippen molar-refractivity contribution in [3.8, 4) is 11.4 Å². The second kappa shape index (κ2) is 9.50. The number of aromatic nitrogens is 3. The molecule has 1 unspecified atom stereocenters. The number of nitrogens with one attached hydrogen (secondary N) is 2. The molecule has 35 heavy (non-hydrogen) atoms. The van der Waals surface area contributed by atoms with Gasteiger partial charge in [0.2, 0.25) is 0 Å². The molecule has 0 aliphatic rings. The van der Waals surface area contributed by atoms with Crippen molar-refractivity contribution in [2.75, 3.05) is 13.7 Å². The molecule has 2 heterocycles. The van der Waals surface area contributed by atoms with Gasteiger partial charge in [-0.2, -0.15) is 5.10 Å². The number of nitrogens with zero attached hydrogens (tertiary/aromatic N) is 2. The Bertz CT molecular complexity index is 1470. The lowest BCUT2D eigenvalue weighted by molar-refractivity contribution is 0.0951. The predicted octanol–water partition coefficient (Wildman–Crippen LogP) is 5.54. The van der Waals surface area contributed by atoms with Gasteiger partial charge in [0.1, 0.15) is 5.75 Å². The summed E-state index contributed by atoms with van der Waals surface area (Å²) in [6.45, 7) is 4.26. The van der Waals surface area contributed by atoms with E-state index in [1.54, 1.807) is 7.11 Å². The van der Waals surface area contributed by atoms with E-state index >= 15 is 0 Å². The van der Waals surface area contributed by atoms with Crippen LogP contribution in [0.3, 0.4) is 0 Å². The Balaban J connectivity index is 1.46. The standard InChI is InChI=1S/C29H28N4O2/c1-19-28(20(2)33(32-19)22-9-5-4-6-10-22)29(34)31-17-25(21-13-15-23(35-3)16-14-21)26-18-30-27-12-8-7-11-24(26)27/h4-16,18,25,30H,17H2,1-3H3,(H,31,34). The fourth-order valence-electron chi connectivity index (χ4n) is 4.70. The van der Waals surface area contributed by atoms with Crippen molar-refractivity contribution in [3.05, 3.63) is 113 Å². The van der Waals surface area contributed by atoms with Crippen LogP contribution >= 0.6 is 0 Å². The molecule has 0 bridgehead atoms. The number of para-hydroxylation sites is 2. The highest BCUT2D eigenvalue weighted by atomic mass is 16.5. The van der Waals surface area contributed by atoms with Gasteiger partial charge >= 0.3 is 0 Å². The fourth-order valence-corrected chi connectivity index (χ4v) is 4.70. The number of aryl methyl sites for hydroxylation is 1. The number of aromatic amines is 1. The minimum atomic E-state index is -0.125. The lowest BCUT2D eigenvalue weighted by Gasteiger charge is -2.19. The highest BCUT2D eigenvalue weighted by Gasteiger charge is 2.23. The molecule has 2 aromatic heterocycles. The highest BCUT2D eigenvalue weighted by molar-refractivity contribution is 5.96. The first-order valence-electron chi connectivity index (χ1n) is 11.7. The Morgan fingerprint density at radius 1 is 1.00 bits per heavy atom. The van der Waals surface area contributed by atoms with E-state index in [1.165, 1.54) is 0 Å². The van der Waals surface area contributed by atoms with Crippen molar-refractivity contribution in [2.24, 2.45) is 0 Å². The van der Waals surface area contributed by atoms with E-state index in [1.807, 2.05) is 79.3 Å². The summed E-state index contributed by atoms with van der Waals surface area (Å²) in [5.41, 5.74) is 6.38. The molecule has 6 nitrogen and oxygen atoms in total. The van der Waals surface area contributed by atoms with E-state index in [0.717, 1.165) is 39.2 Å². The van der Waals surface area contributed by atoms with Crippen LogP contribution in [0.2, 0.25) is 0 Å². The molecule has 5 rings (SSSR count). The number of methoxy groups -OCH3 is 1. The summed E-state index contributed by atoms with van der Waals surface area (Å²) in [5, 5.41) is 8.97. The van der Waals surface area contributed by atoms with Gasteiger partial charge in [-0.3, -0.25) is 4.79 Å². The molecule has 5 aromatic rings. The van der Waals surface area contributed by atoms with Crippen molar-refractivity contribution in [2.45, 2.75) is 19.8 Å². The molecule has 0 fully saturated rings. The van der Waals surface area contributed by atoms with Crippen LogP contribution in [0.4, 0.5) is 0 Å². The van der Waals surface area contributed by atoms with Crippen LogP contribution in [0.25, 0.3) is 16.6 Å². The number of benzene rings is 3. The summed E-state index contributed by atoms with van der Waals surface area (Å²) in [4.78, 5) is 16.8. The van der Waals surface area contributed by atoms with Crippen LogP contribution in [-0.4, -0.2) is 34.3 Å². The smallest absolute Gasteiger partial charge is 0.255 e. The molecular weight excluding hydrogens is 436 g/mol. The van der Waals surface area contributed by atoms with E-state index < -0.39 is 0 Å². The molecular formula is C29H28N4O2. The molecule has 0 saturated heterocycles. The number of carbonyl (C=O) groups is 1. The summed E-state index contributed by atoms with van der Waals surface area (Å²) in [7, 11) is 1.66. The van der Waals surface area contributed by atoms with E-state index in [4.69, 9.17) is 4.74 Å². The van der Waals surface area contributed by atoms with Crippen LogP contribution < -0.4 is 10.1 Å². The minimum Gasteiger partial charge on any atom is -0.497 e. The van der Waals surface area contributed by atoms with Crippen molar-refractivity contribution in [1.82, 2.24) is 20.1 Å². The normalized spacial score (nSPS) is 12.0. The number of carbonyl (C=O) groups excluding carboxylic acids is 1. The molecule has 2 N–H and O–H groups in total. The number of rotatable bonds is 7. The Labute approximate surface area is 204 Å². The third kappa shape index (κ3) is 4.30. The van der Waals surface area contributed by atoms with Gasteiger partial charge in [-0.1, -0.05) is 48.5 Å². The second-order valence-corrected chi connectivity index (χ2v) is 8.62. The third-order valence-electron chi connectivity index (χ3n) is 6.50. The van der Waals surface area contributed by atoms with Crippen LogP contribution in [0.5, 0.6) is 5.75 Å². The number of hydrogen-bond acceptors (Lipinski definition) is 3. The molecule has 0 spiro atoms. The van der Waals surface area contributed by atoms with E-state index in [2.05, 4.69) is 39.7 Å². The van der Waals surface area contributed by atoms with Gasteiger partial charge in [0.15, 0.2) is 0 Å². The average Bonchev–Trinajstić information content (AvgIpc) is 3.45. The van der Waals surface area contributed by atoms with Crippen LogP contribution in [0.15, 0.2) is 85.1 Å². The second-order valence-electron chi connectivity index (χ2n) is 8.62. The zero-order valence-corrected chi connectivity index (χ0v) is 20.1. The van der Waals surface area contributed by atoms with Crippen molar-refractivity contribution in [3.63, 3.8) is 0 Å². The van der Waals surface area contributed by atoms with Gasteiger partial charge in [0.25, 0.3) is 5.91 Å². The lowest BCUT2D eigenvalue weighted by atomic mass is 9.90. The molecule has 176 valence electrons. The number of amides is 1. The fraction of sp³-hybridized carbons (Fsp3) is 0.172. The Morgan fingerprint density at radius 2 is 1.71 bits per heavy atom. The Kier molecular flexibility index (Phi) is 6.10. The maximum Gasteiger partial charge on any atom is 0.255 e. The molecule has 1 amide bonds. The molecule has 0 saturated carbocycles. The minimum absolute atomic E-state index is 0.0363. The first-order valence-corrected chi connectivity index (χ1v) is 11.7. The lowest BCUT2D eigenvalue weighted by Crippen LogP contribution is -2.29. The Morgan fingerprint density at radius 3 is 2.46 bits per heavy atom. The van der Waals surface area contributed by atoms with E-state index in [0.29, 0.717) is 17.8 Å². The molecule has 0 aliphatic carbocycles. The molecule has 3 aromatic carbocycles. The summed E-state index contributed by atoms with van der Waals surface area (Å²) in [5.74, 6) is 0.640. The predicted molar refractivity (Wildman–Crippen MR) is 139 cm³/mol. The van der Waals surface area contributed by atoms with Gasteiger partial charge in [0, 0.05) is 29.6 Å². The van der Waals surface area contributed by atoms with Crippen LogP contribution in [-0.2, 0) is 0 Å². The van der Waals surface area contributed by atoms with Gasteiger partial charge in [0.05, 0.1) is 29.7 Å². The van der Waals surface area contributed by atoms with Crippen LogP contribution in [0.1, 0.15) is 38.8 Å². The maximum absolute atomic E-state index is 13.4. The van der Waals surface area contributed by atoms with Gasteiger partial charge < -0.3 is 15.0 Å². The van der Waals surface area contributed by atoms with Gasteiger partial charge in [-0.05, 0) is 55.3 Å². The molecule has 0 aliphatic heterocycles. The van der Waals surface area contributed by atoms with Gasteiger partial charge in [-0.25, -0.2) is 4.68 Å². The summed E-state index contributed by atoms with van der Waals surface area (Å²) in [6, 6.07) is 26.1. The van der Waals surface area contributed by atoms with Crippen molar-refractivity contribution >= 4 is 16.8 Å². The highest BCUT2D eigenvalue weighted by Crippen LogP contribution is 2.31. The molecule has 6 heteroatoms. The first kappa shape index (κ1) is 22.5. The van der Waals surface area contributed by atoms with E-state index in [9.17, 15) is 4.79 Å². The zero-order valence-electron chi connectivity index (χ0n) is 20.1. The number of fused-ring (bicyclic) bond motifs is 1. The molecule has 0 radical (unpaired) electrons. The number of hydrogen-bond donors (Lipinski definition) is 2. The maximum atomic E-state index is 13.4. The quantitative estimate of drug-likeness (QED) is 0.332. The van der Waals surface area contributed by atoms with Gasteiger partial charge in [-0.15, -0.1) is 0 Å². The largest absolute Gasteiger partial charge is 0.497 e. The number of ether oxygens (including phenoxy) is 1. The summed E-state index contributed by atoms with van der Waals surface area (Å²) >= 11 is 0. The van der Waals surface area contributed by atoms with Crippen LogP contribution in [0, 0.1) is 13.8 Å². The monoisotopic (exact) mass is 464 g/mol. The van der Waals surface area contributed by atoms with Crippen molar-refractivity contribution in [1.29, 1.82) is 0 Å². The zero-order chi connectivity index (χ0) is 24.4. The molecule has 1 atom stereocenters.